The fourth-order valence-corrected chi connectivity index (χ4v) is 6.87. The molecule has 37 heavy (non-hydrogen) atoms. The molecule has 0 amide bonds. The summed E-state index contributed by atoms with van der Waals surface area (Å²) >= 11 is 0. The number of benzene rings is 2. The molecule has 2 aliphatic rings. The second-order valence-electron chi connectivity index (χ2n) is 10.8. The Morgan fingerprint density at radius 3 is 2.27 bits per heavy atom. The first kappa shape index (κ1) is 27.4. The van der Waals surface area contributed by atoms with E-state index in [1.54, 1.807) is 12.7 Å². The molecule has 1 fully saturated rings. The summed E-state index contributed by atoms with van der Waals surface area (Å²) < 4.78 is 11.6. The fourth-order valence-electron chi connectivity index (χ4n) is 6.87. The molecule has 0 N–H and O–H groups in total. The van der Waals surface area contributed by atoms with Crippen LogP contribution in [0.4, 0.5) is 0 Å². The van der Waals surface area contributed by atoms with Crippen molar-refractivity contribution < 1.29 is 9.47 Å². The van der Waals surface area contributed by atoms with E-state index in [0.717, 1.165) is 32.1 Å². The highest BCUT2D eigenvalue weighted by Gasteiger charge is 2.57. The maximum absolute atomic E-state index is 8.71. The van der Waals surface area contributed by atoms with Crippen LogP contribution in [0.5, 0.6) is 0 Å². The number of hydrogen-bond acceptors (Lipinski definition) is 3. The van der Waals surface area contributed by atoms with Gasteiger partial charge in [0.2, 0.25) is 0 Å². The Morgan fingerprint density at radius 1 is 0.946 bits per heavy atom. The number of nitriles is 1. The monoisotopic (exact) mass is 497 g/mol. The SMILES string of the molecule is C=C(c1ccccc1)C12CCC(OCOC)C1CC(CCCCCCCCCC#N)=C2c1ccccc1. The number of unbranched alkanes of at least 4 members (excludes halogenated alkanes) is 7. The van der Waals surface area contributed by atoms with Crippen LogP contribution in [0.3, 0.4) is 0 Å². The highest BCUT2D eigenvalue weighted by molar-refractivity contribution is 5.90. The lowest BCUT2D eigenvalue weighted by Crippen LogP contribution is -2.30. The summed E-state index contributed by atoms with van der Waals surface area (Å²) in [5.41, 5.74) is 6.86. The molecule has 0 aromatic heterocycles. The van der Waals surface area contributed by atoms with Gasteiger partial charge in [0.15, 0.2) is 0 Å². The molecule has 4 rings (SSSR count). The van der Waals surface area contributed by atoms with Crippen molar-refractivity contribution >= 4 is 11.1 Å². The Balaban J connectivity index is 1.57. The summed E-state index contributed by atoms with van der Waals surface area (Å²) in [5, 5.41) is 8.71. The third-order valence-corrected chi connectivity index (χ3v) is 8.56. The zero-order valence-corrected chi connectivity index (χ0v) is 22.6. The molecule has 2 aromatic carbocycles. The zero-order valence-electron chi connectivity index (χ0n) is 22.6. The summed E-state index contributed by atoms with van der Waals surface area (Å²) in [6.07, 6.45) is 13.8. The molecule has 3 atom stereocenters. The molecule has 3 unspecified atom stereocenters. The lowest BCUT2D eigenvalue weighted by atomic mass is 9.66. The molecule has 0 aliphatic heterocycles. The Kier molecular flexibility index (Phi) is 10.2. The molecule has 1 saturated carbocycles. The molecule has 2 aliphatic carbocycles. The molecule has 3 heteroatoms. The first-order valence-corrected chi connectivity index (χ1v) is 14.2. The van der Waals surface area contributed by atoms with Crippen molar-refractivity contribution in [2.45, 2.75) is 83.2 Å². The van der Waals surface area contributed by atoms with E-state index < -0.39 is 0 Å². The minimum absolute atomic E-state index is 0.100. The van der Waals surface area contributed by atoms with E-state index >= 15 is 0 Å². The molecule has 2 aromatic rings. The van der Waals surface area contributed by atoms with E-state index in [0.29, 0.717) is 19.1 Å². The van der Waals surface area contributed by atoms with Gasteiger partial charge in [-0.05, 0) is 60.8 Å². The van der Waals surface area contributed by atoms with Crippen molar-refractivity contribution in [3.05, 3.63) is 83.9 Å². The van der Waals surface area contributed by atoms with Crippen molar-refractivity contribution in [1.82, 2.24) is 0 Å². The molecule has 196 valence electrons. The van der Waals surface area contributed by atoms with Crippen LogP contribution in [0.1, 0.15) is 88.2 Å². The van der Waals surface area contributed by atoms with Crippen molar-refractivity contribution in [1.29, 1.82) is 5.26 Å². The Morgan fingerprint density at radius 2 is 1.59 bits per heavy atom. The summed E-state index contributed by atoms with van der Waals surface area (Å²) in [7, 11) is 1.71. The van der Waals surface area contributed by atoms with Gasteiger partial charge in [-0.3, -0.25) is 0 Å². The van der Waals surface area contributed by atoms with Gasteiger partial charge in [0.1, 0.15) is 6.79 Å². The molecular weight excluding hydrogens is 454 g/mol. The predicted molar refractivity (Wildman–Crippen MR) is 153 cm³/mol. The van der Waals surface area contributed by atoms with Crippen molar-refractivity contribution in [2.24, 2.45) is 11.3 Å². The van der Waals surface area contributed by atoms with Crippen LogP contribution in [0.25, 0.3) is 11.1 Å². The van der Waals surface area contributed by atoms with Crippen LogP contribution >= 0.6 is 0 Å². The first-order valence-electron chi connectivity index (χ1n) is 14.2. The Labute approximate surface area is 224 Å². The van der Waals surface area contributed by atoms with E-state index in [1.807, 2.05) is 0 Å². The average Bonchev–Trinajstić information content (AvgIpc) is 3.46. The highest BCUT2D eigenvalue weighted by Crippen LogP contribution is 2.66. The number of hydrogen-bond donors (Lipinski definition) is 0. The topological polar surface area (TPSA) is 42.2 Å². The largest absolute Gasteiger partial charge is 0.359 e. The number of methoxy groups -OCH3 is 1. The van der Waals surface area contributed by atoms with Gasteiger partial charge in [-0.25, -0.2) is 0 Å². The highest BCUT2D eigenvalue weighted by atomic mass is 16.7. The second-order valence-corrected chi connectivity index (χ2v) is 10.8. The summed E-state index contributed by atoms with van der Waals surface area (Å²) in [6, 6.07) is 24.1. The number of allylic oxidation sites excluding steroid dienone is 3. The van der Waals surface area contributed by atoms with Crippen molar-refractivity contribution in [2.75, 3.05) is 13.9 Å². The van der Waals surface area contributed by atoms with E-state index in [-0.39, 0.29) is 11.5 Å². The fraction of sp³-hybridized carbons (Fsp3) is 0.500. The smallest absolute Gasteiger partial charge is 0.146 e. The van der Waals surface area contributed by atoms with Crippen molar-refractivity contribution in [3.8, 4) is 6.07 Å². The second kappa shape index (κ2) is 13.8. The van der Waals surface area contributed by atoms with Gasteiger partial charge >= 0.3 is 0 Å². The number of rotatable bonds is 15. The van der Waals surface area contributed by atoms with Crippen LogP contribution in [0.2, 0.25) is 0 Å². The normalized spacial score (nSPS) is 22.7. The lowest BCUT2D eigenvalue weighted by molar-refractivity contribution is -0.0858. The van der Waals surface area contributed by atoms with Gasteiger partial charge in [0.25, 0.3) is 0 Å². The van der Waals surface area contributed by atoms with Crippen LogP contribution in [-0.4, -0.2) is 20.0 Å². The minimum atomic E-state index is -0.100. The quantitative estimate of drug-likeness (QED) is 0.182. The number of ether oxygens (including phenoxy) is 2. The minimum Gasteiger partial charge on any atom is -0.359 e. The standard InChI is InChI=1S/C34H43NO2/c1-27(28-17-12-9-13-18-28)34-23-22-32(37-26-36-2)31(34)25-30(33(34)29-19-14-10-15-20-29)21-11-7-5-3-4-6-8-16-24-35/h9-10,12-15,17-20,31-32H,1,3-8,11,16,21-23,25-26H2,2H3. The molecule has 0 spiro atoms. The van der Waals surface area contributed by atoms with Gasteiger partial charge in [-0.2, -0.15) is 5.26 Å². The van der Waals surface area contributed by atoms with E-state index in [2.05, 4.69) is 66.7 Å². The number of nitrogens with zero attached hydrogens (tertiary/aromatic N) is 1. The van der Waals surface area contributed by atoms with E-state index in [9.17, 15) is 0 Å². The Bertz CT molecular complexity index is 1070. The van der Waals surface area contributed by atoms with E-state index in [4.69, 9.17) is 21.3 Å². The average molecular weight is 498 g/mol. The molecule has 0 heterocycles. The molecule has 0 saturated heterocycles. The van der Waals surface area contributed by atoms with Crippen LogP contribution in [0.15, 0.2) is 72.8 Å². The summed E-state index contributed by atoms with van der Waals surface area (Å²) in [5.74, 6) is 0.390. The van der Waals surface area contributed by atoms with Gasteiger partial charge < -0.3 is 9.47 Å². The van der Waals surface area contributed by atoms with Crippen LogP contribution in [-0.2, 0) is 9.47 Å². The molecular formula is C34H43NO2. The van der Waals surface area contributed by atoms with Crippen LogP contribution in [0, 0.1) is 22.7 Å². The molecule has 3 nitrogen and oxygen atoms in total. The van der Waals surface area contributed by atoms with Gasteiger partial charge in [0, 0.05) is 24.9 Å². The van der Waals surface area contributed by atoms with Gasteiger partial charge in [-0.1, -0.05) is 105 Å². The predicted octanol–water partition coefficient (Wildman–Crippen LogP) is 8.98. The number of fused-ring (bicyclic) bond motifs is 1. The maximum Gasteiger partial charge on any atom is 0.146 e. The van der Waals surface area contributed by atoms with E-state index in [1.165, 1.54) is 60.8 Å². The van der Waals surface area contributed by atoms with Crippen molar-refractivity contribution in [3.63, 3.8) is 0 Å². The third kappa shape index (κ3) is 6.25. The van der Waals surface area contributed by atoms with Gasteiger partial charge in [-0.15, -0.1) is 0 Å². The zero-order chi connectivity index (χ0) is 25.9. The Hall–Kier alpha value is -2.67. The summed E-state index contributed by atoms with van der Waals surface area (Å²) in [4.78, 5) is 0. The molecule has 0 radical (unpaired) electrons. The maximum atomic E-state index is 8.71. The molecule has 0 bridgehead atoms. The lowest BCUT2D eigenvalue weighted by Gasteiger charge is -2.37. The van der Waals surface area contributed by atoms with Crippen LogP contribution < -0.4 is 0 Å². The summed E-state index contributed by atoms with van der Waals surface area (Å²) in [6.45, 7) is 5.12. The first-order chi connectivity index (χ1) is 18.2. The van der Waals surface area contributed by atoms with Gasteiger partial charge in [0.05, 0.1) is 12.2 Å². The third-order valence-electron chi connectivity index (χ3n) is 8.56.